The monoisotopic (exact) mass is 268 g/mol. The summed E-state index contributed by atoms with van der Waals surface area (Å²) >= 11 is 0. The molecule has 0 unspecified atom stereocenters. The van der Waals surface area contributed by atoms with Crippen molar-refractivity contribution in [2.75, 3.05) is 0 Å². The fourth-order valence-electron chi connectivity index (χ4n) is 2.29. The molecule has 0 saturated heterocycles. The van der Waals surface area contributed by atoms with Gasteiger partial charge in [0.15, 0.2) is 12.0 Å². The molecule has 0 aliphatic rings. The minimum absolute atomic E-state index is 0.288. The van der Waals surface area contributed by atoms with Crippen molar-refractivity contribution >= 4 is 17.3 Å². The molecular formula is C16H12O4. The van der Waals surface area contributed by atoms with Gasteiger partial charge >= 0.3 is 5.63 Å². The molecule has 0 N–H and O–H groups in total. The minimum atomic E-state index is -0.358. The summed E-state index contributed by atoms with van der Waals surface area (Å²) in [4.78, 5) is 22.1. The molecule has 0 radical (unpaired) electrons. The van der Waals surface area contributed by atoms with Crippen LogP contribution in [0.4, 0.5) is 0 Å². The van der Waals surface area contributed by atoms with E-state index < -0.39 is 0 Å². The van der Waals surface area contributed by atoms with E-state index in [9.17, 15) is 9.59 Å². The van der Waals surface area contributed by atoms with E-state index in [1.54, 1.807) is 12.1 Å². The summed E-state index contributed by atoms with van der Waals surface area (Å²) in [6.45, 7) is 3.76. The maximum absolute atomic E-state index is 11.4. The van der Waals surface area contributed by atoms with Gasteiger partial charge in [-0.1, -0.05) is 0 Å². The maximum atomic E-state index is 11.4. The van der Waals surface area contributed by atoms with Crippen LogP contribution in [-0.4, -0.2) is 6.29 Å². The van der Waals surface area contributed by atoms with Crippen molar-refractivity contribution in [3.8, 4) is 11.3 Å². The third kappa shape index (κ3) is 1.95. The first-order valence-corrected chi connectivity index (χ1v) is 6.19. The molecule has 4 nitrogen and oxygen atoms in total. The molecule has 0 aliphatic heterocycles. The van der Waals surface area contributed by atoms with Crippen molar-refractivity contribution in [1.29, 1.82) is 0 Å². The number of aryl methyl sites for hydroxylation is 2. The molecule has 4 heteroatoms. The van der Waals surface area contributed by atoms with Crippen LogP contribution in [0, 0.1) is 13.8 Å². The van der Waals surface area contributed by atoms with E-state index in [0.717, 1.165) is 22.1 Å². The maximum Gasteiger partial charge on any atom is 0.336 e. The van der Waals surface area contributed by atoms with E-state index in [1.165, 1.54) is 6.07 Å². The number of aldehydes is 1. The van der Waals surface area contributed by atoms with Crippen molar-refractivity contribution in [1.82, 2.24) is 0 Å². The second kappa shape index (κ2) is 4.49. The average Bonchev–Trinajstić information content (AvgIpc) is 2.86. The van der Waals surface area contributed by atoms with E-state index in [0.29, 0.717) is 17.6 Å². The zero-order valence-electron chi connectivity index (χ0n) is 11.1. The first-order valence-electron chi connectivity index (χ1n) is 6.19. The Kier molecular flexibility index (Phi) is 2.79. The zero-order chi connectivity index (χ0) is 14.3. The van der Waals surface area contributed by atoms with Gasteiger partial charge in [0.05, 0.1) is 0 Å². The molecule has 2 aromatic heterocycles. The molecule has 3 rings (SSSR count). The van der Waals surface area contributed by atoms with Crippen molar-refractivity contribution in [3.63, 3.8) is 0 Å². The van der Waals surface area contributed by atoms with Gasteiger partial charge in [0.25, 0.3) is 0 Å². The molecule has 20 heavy (non-hydrogen) atoms. The van der Waals surface area contributed by atoms with E-state index in [-0.39, 0.29) is 11.4 Å². The number of carbonyl (C=O) groups is 1. The number of furan rings is 1. The Morgan fingerprint density at radius 3 is 2.50 bits per heavy atom. The van der Waals surface area contributed by atoms with Crippen LogP contribution >= 0.6 is 0 Å². The van der Waals surface area contributed by atoms with E-state index in [2.05, 4.69) is 0 Å². The van der Waals surface area contributed by atoms with E-state index >= 15 is 0 Å². The number of rotatable bonds is 2. The molecule has 0 spiro atoms. The van der Waals surface area contributed by atoms with Crippen LogP contribution in [0.5, 0.6) is 0 Å². The van der Waals surface area contributed by atoms with Crippen LogP contribution in [-0.2, 0) is 0 Å². The largest absolute Gasteiger partial charge is 0.453 e. The van der Waals surface area contributed by atoms with Gasteiger partial charge in [-0.05, 0) is 49.2 Å². The first kappa shape index (κ1) is 12.4. The van der Waals surface area contributed by atoms with Gasteiger partial charge < -0.3 is 8.83 Å². The van der Waals surface area contributed by atoms with Gasteiger partial charge in [-0.3, -0.25) is 4.79 Å². The van der Waals surface area contributed by atoms with Crippen LogP contribution in [0.25, 0.3) is 22.3 Å². The molecule has 1 aromatic carbocycles. The number of benzene rings is 1. The van der Waals surface area contributed by atoms with E-state index in [1.807, 2.05) is 26.0 Å². The highest BCUT2D eigenvalue weighted by Gasteiger charge is 2.11. The Labute approximate surface area is 114 Å². The lowest BCUT2D eigenvalue weighted by Crippen LogP contribution is -1.98. The highest BCUT2D eigenvalue weighted by atomic mass is 16.4. The molecule has 0 aliphatic carbocycles. The fourth-order valence-corrected chi connectivity index (χ4v) is 2.29. The number of hydrogen-bond donors (Lipinski definition) is 0. The number of fused-ring (bicyclic) bond motifs is 1. The van der Waals surface area contributed by atoms with Crippen LogP contribution < -0.4 is 5.63 Å². The Balaban J connectivity index is 2.29. The summed E-state index contributed by atoms with van der Waals surface area (Å²) < 4.78 is 10.7. The zero-order valence-corrected chi connectivity index (χ0v) is 11.1. The lowest BCUT2D eigenvalue weighted by Gasteiger charge is -2.06. The SMILES string of the molecule is Cc1cc2oc(=O)cc(C)c2cc1-c1ccc(C=O)o1. The van der Waals surface area contributed by atoms with Crippen LogP contribution in [0.3, 0.4) is 0 Å². The fraction of sp³-hybridized carbons (Fsp3) is 0.125. The topological polar surface area (TPSA) is 60.4 Å². The van der Waals surface area contributed by atoms with Gasteiger partial charge in [0.1, 0.15) is 11.3 Å². The summed E-state index contributed by atoms with van der Waals surface area (Å²) in [5.41, 5.74) is 2.84. The number of carbonyl (C=O) groups excluding carboxylic acids is 1. The normalized spacial score (nSPS) is 10.9. The van der Waals surface area contributed by atoms with Crippen molar-refractivity contribution in [3.05, 3.63) is 57.6 Å². The predicted octanol–water partition coefficient (Wildman–Crippen LogP) is 3.48. The molecular weight excluding hydrogens is 256 g/mol. The summed E-state index contributed by atoms with van der Waals surface area (Å²) in [7, 11) is 0. The molecule has 0 atom stereocenters. The Bertz CT molecular complexity index is 868. The molecule has 3 aromatic rings. The second-order valence-electron chi connectivity index (χ2n) is 4.73. The second-order valence-corrected chi connectivity index (χ2v) is 4.73. The van der Waals surface area contributed by atoms with Crippen molar-refractivity contribution in [2.45, 2.75) is 13.8 Å². The lowest BCUT2D eigenvalue weighted by molar-refractivity contribution is 0.110. The first-order chi connectivity index (χ1) is 9.58. The minimum Gasteiger partial charge on any atom is -0.453 e. The molecule has 2 heterocycles. The third-order valence-corrected chi connectivity index (χ3v) is 3.30. The lowest BCUT2D eigenvalue weighted by atomic mass is 10.0. The summed E-state index contributed by atoms with van der Waals surface area (Å²) in [5, 5.41) is 0.856. The average molecular weight is 268 g/mol. The summed E-state index contributed by atoms with van der Waals surface area (Å²) in [6.07, 6.45) is 0.671. The van der Waals surface area contributed by atoms with Gasteiger partial charge in [0.2, 0.25) is 0 Å². The summed E-state index contributed by atoms with van der Waals surface area (Å²) in [6, 6.07) is 8.56. The Morgan fingerprint density at radius 1 is 1.00 bits per heavy atom. The number of hydrogen-bond acceptors (Lipinski definition) is 4. The molecule has 0 fully saturated rings. The van der Waals surface area contributed by atoms with Crippen molar-refractivity contribution in [2.24, 2.45) is 0 Å². The Hall–Kier alpha value is -2.62. The van der Waals surface area contributed by atoms with Gasteiger partial charge in [-0.15, -0.1) is 0 Å². The highest BCUT2D eigenvalue weighted by molar-refractivity contribution is 5.86. The summed E-state index contributed by atoms with van der Waals surface area (Å²) in [5.74, 6) is 0.910. The third-order valence-electron chi connectivity index (χ3n) is 3.30. The highest BCUT2D eigenvalue weighted by Crippen LogP contribution is 2.30. The Morgan fingerprint density at radius 2 is 1.80 bits per heavy atom. The molecule has 0 saturated carbocycles. The van der Waals surface area contributed by atoms with Crippen molar-refractivity contribution < 1.29 is 13.6 Å². The quantitative estimate of drug-likeness (QED) is 0.527. The standard InChI is InChI=1S/C16H12O4/c1-9-5-15-13(10(2)6-16(18)20-15)7-12(9)14-4-3-11(8-17)19-14/h3-8H,1-2H3. The van der Waals surface area contributed by atoms with Gasteiger partial charge in [0, 0.05) is 17.0 Å². The smallest absolute Gasteiger partial charge is 0.336 e. The molecule has 0 bridgehead atoms. The van der Waals surface area contributed by atoms with E-state index in [4.69, 9.17) is 8.83 Å². The molecule has 100 valence electrons. The van der Waals surface area contributed by atoms with Crippen LogP contribution in [0.2, 0.25) is 0 Å². The van der Waals surface area contributed by atoms with Crippen LogP contribution in [0.15, 0.2) is 44.0 Å². The predicted molar refractivity (Wildman–Crippen MR) is 75.0 cm³/mol. The molecule has 0 amide bonds. The van der Waals surface area contributed by atoms with Gasteiger partial charge in [-0.2, -0.15) is 0 Å². The van der Waals surface area contributed by atoms with Crippen LogP contribution in [0.1, 0.15) is 21.7 Å². The van der Waals surface area contributed by atoms with Gasteiger partial charge in [-0.25, -0.2) is 4.79 Å².